The van der Waals surface area contributed by atoms with Gasteiger partial charge in [-0.15, -0.1) is 0 Å². The first-order chi connectivity index (χ1) is 15.1. The standard InChI is InChI=1S/C24H23N3O4/c1-25-23(29)15-10-12-16(13-11-15)26-21(28)14-31-24(30)22-17-6-2-4-8-19(17)27-20-9-5-3-7-18(20)22/h2,4,6,8,10-13H,3,5,7,9,14H2,1H3,(H,25,29)(H,26,28). The molecule has 1 heterocycles. The largest absolute Gasteiger partial charge is 0.452 e. The smallest absolute Gasteiger partial charge is 0.339 e. The van der Waals surface area contributed by atoms with Crippen LogP contribution in [0.1, 0.15) is 44.8 Å². The fraction of sp³-hybridized carbons (Fsp3) is 0.250. The number of benzene rings is 2. The molecule has 2 N–H and O–H groups in total. The van der Waals surface area contributed by atoms with Crippen molar-refractivity contribution in [2.45, 2.75) is 25.7 Å². The lowest BCUT2D eigenvalue weighted by Crippen LogP contribution is -2.23. The lowest BCUT2D eigenvalue weighted by molar-refractivity contribution is -0.119. The molecule has 1 aliphatic carbocycles. The van der Waals surface area contributed by atoms with Gasteiger partial charge in [0, 0.05) is 29.4 Å². The number of carbonyl (C=O) groups is 3. The molecule has 0 fully saturated rings. The summed E-state index contributed by atoms with van der Waals surface area (Å²) in [6.07, 6.45) is 3.67. The first kappa shape index (κ1) is 20.5. The van der Waals surface area contributed by atoms with E-state index in [4.69, 9.17) is 9.72 Å². The van der Waals surface area contributed by atoms with Crippen molar-refractivity contribution in [2.24, 2.45) is 0 Å². The van der Waals surface area contributed by atoms with E-state index >= 15 is 0 Å². The number of ether oxygens (including phenoxy) is 1. The first-order valence-electron chi connectivity index (χ1n) is 10.3. The lowest BCUT2D eigenvalue weighted by Gasteiger charge is -2.19. The quantitative estimate of drug-likeness (QED) is 0.621. The fourth-order valence-corrected chi connectivity index (χ4v) is 3.86. The van der Waals surface area contributed by atoms with Crippen molar-refractivity contribution in [1.29, 1.82) is 0 Å². The predicted octanol–water partition coefficient (Wildman–Crippen LogP) is 3.27. The number of amides is 2. The van der Waals surface area contributed by atoms with Crippen LogP contribution in [0.5, 0.6) is 0 Å². The maximum absolute atomic E-state index is 13.0. The zero-order valence-corrected chi connectivity index (χ0v) is 17.2. The number of para-hydroxylation sites is 1. The third-order valence-electron chi connectivity index (χ3n) is 5.37. The van der Waals surface area contributed by atoms with E-state index in [1.807, 2.05) is 24.3 Å². The summed E-state index contributed by atoms with van der Waals surface area (Å²) in [6, 6.07) is 14.0. The average Bonchev–Trinajstić information content (AvgIpc) is 2.81. The van der Waals surface area contributed by atoms with Crippen molar-refractivity contribution in [3.8, 4) is 0 Å². The minimum atomic E-state index is -0.512. The Bertz CT molecular complexity index is 1160. The van der Waals surface area contributed by atoms with Crippen LogP contribution in [-0.4, -0.2) is 36.4 Å². The van der Waals surface area contributed by atoms with Gasteiger partial charge in [-0.2, -0.15) is 0 Å². The third-order valence-corrected chi connectivity index (χ3v) is 5.37. The number of nitrogens with zero attached hydrogens (tertiary/aromatic N) is 1. The van der Waals surface area contributed by atoms with Crippen molar-refractivity contribution < 1.29 is 19.1 Å². The number of rotatable bonds is 5. The highest BCUT2D eigenvalue weighted by atomic mass is 16.5. The number of anilines is 1. The summed E-state index contributed by atoms with van der Waals surface area (Å²) < 4.78 is 5.37. The van der Waals surface area contributed by atoms with Crippen molar-refractivity contribution >= 4 is 34.4 Å². The van der Waals surface area contributed by atoms with E-state index in [1.54, 1.807) is 31.3 Å². The second-order valence-electron chi connectivity index (χ2n) is 7.42. The fourth-order valence-electron chi connectivity index (χ4n) is 3.86. The van der Waals surface area contributed by atoms with Crippen LogP contribution >= 0.6 is 0 Å². The van der Waals surface area contributed by atoms with Gasteiger partial charge in [0.05, 0.1) is 11.1 Å². The summed E-state index contributed by atoms with van der Waals surface area (Å²) in [5.41, 5.74) is 4.15. The van der Waals surface area contributed by atoms with Crippen LogP contribution < -0.4 is 10.6 Å². The van der Waals surface area contributed by atoms with Crippen molar-refractivity contribution in [3.63, 3.8) is 0 Å². The predicted molar refractivity (Wildman–Crippen MR) is 117 cm³/mol. The van der Waals surface area contributed by atoms with Gasteiger partial charge in [0.15, 0.2) is 6.61 Å². The normalized spacial score (nSPS) is 12.7. The molecule has 0 unspecified atom stereocenters. The van der Waals surface area contributed by atoms with Crippen LogP contribution in [0.15, 0.2) is 48.5 Å². The molecule has 0 radical (unpaired) electrons. The molecule has 1 aliphatic rings. The second kappa shape index (κ2) is 8.95. The van der Waals surface area contributed by atoms with Crippen molar-refractivity contribution in [2.75, 3.05) is 19.0 Å². The first-order valence-corrected chi connectivity index (χ1v) is 10.3. The molecule has 4 rings (SSSR count). The molecule has 31 heavy (non-hydrogen) atoms. The average molecular weight is 417 g/mol. The van der Waals surface area contributed by atoms with Crippen LogP contribution in [0.4, 0.5) is 5.69 Å². The highest BCUT2D eigenvalue weighted by Gasteiger charge is 2.24. The number of hydrogen-bond acceptors (Lipinski definition) is 5. The number of carbonyl (C=O) groups excluding carboxylic acids is 3. The van der Waals surface area contributed by atoms with Gasteiger partial charge >= 0.3 is 5.97 Å². The molecule has 7 nitrogen and oxygen atoms in total. The van der Waals surface area contributed by atoms with E-state index in [1.165, 1.54) is 0 Å². The van der Waals surface area contributed by atoms with Gasteiger partial charge in [0.25, 0.3) is 11.8 Å². The number of hydrogen-bond donors (Lipinski definition) is 2. The second-order valence-corrected chi connectivity index (χ2v) is 7.42. The maximum atomic E-state index is 13.0. The molecule has 7 heteroatoms. The minimum absolute atomic E-state index is 0.209. The molecule has 0 spiro atoms. The number of aromatic nitrogens is 1. The Morgan fingerprint density at radius 3 is 2.52 bits per heavy atom. The van der Waals surface area contributed by atoms with Gasteiger partial charge in [-0.25, -0.2) is 4.79 Å². The SMILES string of the molecule is CNC(=O)c1ccc(NC(=O)COC(=O)c2c3c(nc4ccccc24)CCCC3)cc1. The molecule has 0 saturated heterocycles. The van der Waals surface area contributed by atoms with E-state index in [0.717, 1.165) is 47.8 Å². The van der Waals surface area contributed by atoms with Crippen LogP contribution in [0, 0.1) is 0 Å². The Balaban J connectivity index is 1.47. The monoisotopic (exact) mass is 417 g/mol. The maximum Gasteiger partial charge on any atom is 0.339 e. The Hall–Kier alpha value is -3.74. The summed E-state index contributed by atoms with van der Waals surface area (Å²) in [4.78, 5) is 41.6. The molecule has 3 aromatic rings. The summed E-state index contributed by atoms with van der Waals surface area (Å²) in [7, 11) is 1.55. The molecule has 0 aliphatic heterocycles. The van der Waals surface area contributed by atoms with Gasteiger partial charge in [-0.05, 0) is 61.6 Å². The molecular weight excluding hydrogens is 394 g/mol. The Morgan fingerprint density at radius 2 is 1.74 bits per heavy atom. The molecular formula is C24H23N3O4. The molecule has 2 aromatic carbocycles. The van der Waals surface area contributed by atoms with Crippen LogP contribution in [0.25, 0.3) is 10.9 Å². The number of pyridine rings is 1. The molecule has 0 atom stereocenters. The van der Waals surface area contributed by atoms with Gasteiger partial charge in [0.2, 0.25) is 0 Å². The van der Waals surface area contributed by atoms with Crippen LogP contribution in [0.2, 0.25) is 0 Å². The number of esters is 1. The Morgan fingerprint density at radius 1 is 1.00 bits per heavy atom. The molecule has 0 saturated carbocycles. The highest BCUT2D eigenvalue weighted by molar-refractivity contribution is 6.06. The van der Waals surface area contributed by atoms with E-state index in [0.29, 0.717) is 16.8 Å². The summed E-state index contributed by atoms with van der Waals surface area (Å²) in [6.45, 7) is -0.401. The number of nitrogens with one attached hydrogen (secondary N) is 2. The van der Waals surface area contributed by atoms with Gasteiger partial charge in [0.1, 0.15) is 0 Å². The zero-order valence-electron chi connectivity index (χ0n) is 17.2. The van der Waals surface area contributed by atoms with E-state index in [2.05, 4.69) is 10.6 Å². The van der Waals surface area contributed by atoms with Crippen molar-refractivity contribution in [3.05, 3.63) is 70.9 Å². The number of aryl methyl sites for hydroxylation is 1. The minimum Gasteiger partial charge on any atom is -0.452 e. The Kier molecular flexibility index (Phi) is 5.93. The van der Waals surface area contributed by atoms with E-state index in [9.17, 15) is 14.4 Å². The number of fused-ring (bicyclic) bond motifs is 2. The molecule has 1 aromatic heterocycles. The topological polar surface area (TPSA) is 97.4 Å². The zero-order chi connectivity index (χ0) is 21.8. The summed E-state index contributed by atoms with van der Waals surface area (Å²) in [5, 5.41) is 5.96. The van der Waals surface area contributed by atoms with Crippen LogP contribution in [0.3, 0.4) is 0 Å². The van der Waals surface area contributed by atoms with E-state index in [-0.39, 0.29) is 5.91 Å². The molecule has 158 valence electrons. The van der Waals surface area contributed by atoms with Gasteiger partial charge in [-0.3, -0.25) is 14.6 Å². The molecule has 2 amide bonds. The van der Waals surface area contributed by atoms with Gasteiger partial charge < -0.3 is 15.4 Å². The molecule has 0 bridgehead atoms. The summed E-state index contributed by atoms with van der Waals surface area (Å²) >= 11 is 0. The van der Waals surface area contributed by atoms with Crippen molar-refractivity contribution in [1.82, 2.24) is 10.3 Å². The summed E-state index contributed by atoms with van der Waals surface area (Å²) in [5.74, 6) is -1.17. The lowest BCUT2D eigenvalue weighted by atomic mass is 9.90. The highest BCUT2D eigenvalue weighted by Crippen LogP contribution is 2.29. The van der Waals surface area contributed by atoms with Gasteiger partial charge in [-0.1, -0.05) is 18.2 Å². The third kappa shape index (κ3) is 4.40. The van der Waals surface area contributed by atoms with Crippen LogP contribution in [-0.2, 0) is 22.4 Å². The Labute approximate surface area is 179 Å². The van der Waals surface area contributed by atoms with E-state index < -0.39 is 18.5 Å².